The van der Waals surface area contributed by atoms with E-state index in [0.717, 1.165) is 5.56 Å². The molecule has 0 aliphatic heterocycles. The van der Waals surface area contributed by atoms with Gasteiger partial charge in [-0.3, -0.25) is 10.1 Å². The summed E-state index contributed by atoms with van der Waals surface area (Å²) in [4.78, 5) is 15.2. The zero-order chi connectivity index (χ0) is 12.1. The highest BCUT2D eigenvalue weighted by Gasteiger charge is 1.98. The predicted octanol–water partition coefficient (Wildman–Crippen LogP) is 2.11. The van der Waals surface area contributed by atoms with Crippen LogP contribution in [-0.4, -0.2) is 21.1 Å². The van der Waals surface area contributed by atoms with Crippen molar-refractivity contribution in [1.82, 2.24) is 15.2 Å². The number of anilines is 1. The monoisotopic (exact) mass is 248 g/mol. The van der Waals surface area contributed by atoms with Gasteiger partial charge in [0.1, 0.15) is 6.33 Å². The molecule has 0 atom stereocenters. The summed E-state index contributed by atoms with van der Waals surface area (Å²) in [5, 5.41) is 9.33. The first-order valence-corrected chi connectivity index (χ1v) is 5.22. The molecule has 86 valence electrons. The average molecular weight is 249 g/mol. The van der Waals surface area contributed by atoms with Crippen LogP contribution in [0.15, 0.2) is 36.7 Å². The van der Waals surface area contributed by atoms with E-state index >= 15 is 0 Å². The van der Waals surface area contributed by atoms with Crippen molar-refractivity contribution in [1.29, 1.82) is 0 Å². The Morgan fingerprint density at radius 3 is 2.76 bits per heavy atom. The number of rotatable bonds is 3. The maximum absolute atomic E-state index is 11.4. The van der Waals surface area contributed by atoms with E-state index < -0.39 is 0 Å². The largest absolute Gasteiger partial charge is 0.291 e. The van der Waals surface area contributed by atoms with Crippen molar-refractivity contribution in [3.63, 3.8) is 0 Å². The number of nitrogens with zero attached hydrogens (tertiary/aromatic N) is 2. The number of hydrogen-bond acceptors (Lipinski definition) is 3. The summed E-state index contributed by atoms with van der Waals surface area (Å²) in [7, 11) is 0. The Morgan fingerprint density at radius 2 is 2.12 bits per heavy atom. The molecule has 1 aromatic carbocycles. The molecule has 1 heterocycles. The molecule has 0 fully saturated rings. The summed E-state index contributed by atoms with van der Waals surface area (Å²) in [6, 6.07) is 7.16. The second-order valence-corrected chi connectivity index (χ2v) is 3.64. The summed E-state index contributed by atoms with van der Waals surface area (Å²) >= 11 is 5.75. The van der Waals surface area contributed by atoms with Gasteiger partial charge in [0, 0.05) is 11.1 Å². The Bertz CT molecular complexity index is 519. The van der Waals surface area contributed by atoms with Crippen LogP contribution in [0.25, 0.3) is 6.08 Å². The van der Waals surface area contributed by atoms with Crippen LogP contribution >= 0.6 is 11.6 Å². The summed E-state index contributed by atoms with van der Waals surface area (Å²) in [6.45, 7) is 0. The Hall–Kier alpha value is -2.14. The lowest BCUT2D eigenvalue weighted by Crippen LogP contribution is -2.08. The van der Waals surface area contributed by atoms with E-state index in [1.165, 1.54) is 12.4 Å². The zero-order valence-corrected chi connectivity index (χ0v) is 9.48. The fourth-order valence-electron chi connectivity index (χ4n) is 1.17. The fraction of sp³-hybridized carbons (Fsp3) is 0. The van der Waals surface area contributed by atoms with Crippen LogP contribution in [0.4, 0.5) is 5.95 Å². The molecule has 5 nitrogen and oxygen atoms in total. The van der Waals surface area contributed by atoms with Gasteiger partial charge in [-0.25, -0.2) is 5.10 Å². The summed E-state index contributed by atoms with van der Waals surface area (Å²) in [5.41, 5.74) is 0.891. The zero-order valence-electron chi connectivity index (χ0n) is 8.72. The van der Waals surface area contributed by atoms with E-state index in [-0.39, 0.29) is 5.91 Å². The third kappa shape index (κ3) is 3.42. The molecular formula is C11H9ClN4O. The van der Waals surface area contributed by atoms with E-state index in [9.17, 15) is 4.79 Å². The number of nitrogens with one attached hydrogen (secondary N) is 2. The van der Waals surface area contributed by atoms with Gasteiger partial charge < -0.3 is 0 Å². The van der Waals surface area contributed by atoms with Crippen LogP contribution in [0.2, 0.25) is 5.02 Å². The highest BCUT2D eigenvalue weighted by atomic mass is 35.5. The quantitative estimate of drug-likeness (QED) is 0.818. The Morgan fingerprint density at radius 1 is 1.35 bits per heavy atom. The smallest absolute Gasteiger partial charge is 0.250 e. The Labute approximate surface area is 103 Å². The molecule has 6 heteroatoms. The lowest BCUT2D eigenvalue weighted by Gasteiger charge is -1.95. The SMILES string of the molecule is O=C(/C=C/c1ccc(Cl)cc1)Nc1ncn[nH]1. The highest BCUT2D eigenvalue weighted by Crippen LogP contribution is 2.10. The number of halogens is 1. The van der Waals surface area contributed by atoms with Crippen molar-refractivity contribution in [2.75, 3.05) is 5.32 Å². The van der Waals surface area contributed by atoms with Crippen molar-refractivity contribution in [2.24, 2.45) is 0 Å². The molecule has 0 saturated heterocycles. The predicted molar refractivity (Wildman–Crippen MR) is 65.5 cm³/mol. The van der Waals surface area contributed by atoms with Gasteiger partial charge in [0.05, 0.1) is 0 Å². The van der Waals surface area contributed by atoms with Crippen LogP contribution in [-0.2, 0) is 4.79 Å². The Kier molecular flexibility index (Phi) is 3.52. The van der Waals surface area contributed by atoms with Gasteiger partial charge in [-0.1, -0.05) is 23.7 Å². The van der Waals surface area contributed by atoms with Crippen molar-refractivity contribution in [3.8, 4) is 0 Å². The minimum Gasteiger partial charge on any atom is -0.291 e. The molecule has 0 unspecified atom stereocenters. The van der Waals surface area contributed by atoms with Gasteiger partial charge in [-0.05, 0) is 23.8 Å². The van der Waals surface area contributed by atoms with Crippen molar-refractivity contribution in [3.05, 3.63) is 47.3 Å². The van der Waals surface area contributed by atoms with E-state index in [4.69, 9.17) is 11.6 Å². The lowest BCUT2D eigenvalue weighted by atomic mass is 10.2. The lowest BCUT2D eigenvalue weighted by molar-refractivity contribution is -0.111. The normalized spacial score (nSPS) is 10.6. The number of benzene rings is 1. The molecule has 1 amide bonds. The molecule has 0 spiro atoms. The number of carbonyl (C=O) groups is 1. The molecule has 0 bridgehead atoms. The third-order valence-electron chi connectivity index (χ3n) is 1.95. The van der Waals surface area contributed by atoms with Crippen LogP contribution in [0.5, 0.6) is 0 Å². The first-order valence-electron chi connectivity index (χ1n) is 4.84. The fourth-order valence-corrected chi connectivity index (χ4v) is 1.30. The first kappa shape index (κ1) is 11.3. The number of amides is 1. The second-order valence-electron chi connectivity index (χ2n) is 3.21. The number of H-pyrrole nitrogens is 1. The molecule has 0 radical (unpaired) electrons. The van der Waals surface area contributed by atoms with Gasteiger partial charge in [0.2, 0.25) is 5.95 Å². The van der Waals surface area contributed by atoms with Crippen LogP contribution < -0.4 is 5.32 Å². The van der Waals surface area contributed by atoms with Gasteiger partial charge >= 0.3 is 0 Å². The molecule has 2 N–H and O–H groups in total. The molecule has 17 heavy (non-hydrogen) atoms. The molecule has 1 aromatic heterocycles. The van der Waals surface area contributed by atoms with E-state index in [1.54, 1.807) is 18.2 Å². The summed E-state index contributed by atoms with van der Waals surface area (Å²) in [6.07, 6.45) is 4.41. The highest BCUT2D eigenvalue weighted by molar-refractivity contribution is 6.30. The maximum Gasteiger partial charge on any atom is 0.250 e. The van der Waals surface area contributed by atoms with Crippen molar-refractivity contribution < 1.29 is 4.79 Å². The molecule has 0 aliphatic rings. The van der Waals surface area contributed by atoms with Crippen molar-refractivity contribution >= 4 is 29.5 Å². The van der Waals surface area contributed by atoms with E-state index in [2.05, 4.69) is 20.5 Å². The third-order valence-corrected chi connectivity index (χ3v) is 2.21. The molecular weight excluding hydrogens is 240 g/mol. The van der Waals surface area contributed by atoms with Gasteiger partial charge in [0.15, 0.2) is 0 Å². The molecule has 0 aliphatic carbocycles. The second kappa shape index (κ2) is 5.27. The van der Waals surface area contributed by atoms with Crippen LogP contribution in [0, 0.1) is 0 Å². The van der Waals surface area contributed by atoms with Gasteiger partial charge in [-0.15, -0.1) is 0 Å². The number of carbonyl (C=O) groups excluding carboxylic acids is 1. The van der Waals surface area contributed by atoms with Crippen LogP contribution in [0.1, 0.15) is 5.56 Å². The molecule has 0 saturated carbocycles. The van der Waals surface area contributed by atoms with Gasteiger partial charge in [-0.2, -0.15) is 10.1 Å². The first-order chi connectivity index (χ1) is 8.24. The maximum atomic E-state index is 11.4. The minimum absolute atomic E-state index is 0.281. The standard InChI is InChI=1S/C11H9ClN4O/c12-9-4-1-8(2-5-9)3-6-10(17)15-11-13-7-14-16-11/h1-7H,(H2,13,14,15,16,17)/b6-3+. The topological polar surface area (TPSA) is 70.7 Å². The summed E-state index contributed by atoms with van der Waals surface area (Å²) < 4.78 is 0. The minimum atomic E-state index is -0.281. The van der Waals surface area contributed by atoms with E-state index in [1.807, 2.05) is 12.1 Å². The average Bonchev–Trinajstić information content (AvgIpc) is 2.81. The van der Waals surface area contributed by atoms with Crippen LogP contribution in [0.3, 0.4) is 0 Å². The number of hydrogen-bond donors (Lipinski definition) is 2. The molecule has 2 aromatic rings. The number of aromatic nitrogens is 3. The number of aromatic amines is 1. The Balaban J connectivity index is 1.96. The molecule has 2 rings (SSSR count). The van der Waals surface area contributed by atoms with E-state index in [0.29, 0.717) is 11.0 Å². The van der Waals surface area contributed by atoms with Crippen molar-refractivity contribution in [2.45, 2.75) is 0 Å². The summed E-state index contributed by atoms with van der Waals surface area (Å²) in [5.74, 6) is 0.0347. The van der Waals surface area contributed by atoms with Gasteiger partial charge in [0.25, 0.3) is 5.91 Å².